The summed E-state index contributed by atoms with van der Waals surface area (Å²) in [6.45, 7) is 5.64. The average Bonchev–Trinajstić information content (AvgIpc) is 3.48. The molecule has 0 aliphatic carbocycles. The topological polar surface area (TPSA) is 268 Å². The maximum absolute atomic E-state index is 15.6. The van der Waals surface area contributed by atoms with Gasteiger partial charge in [-0.15, -0.1) is 0 Å². The van der Waals surface area contributed by atoms with Crippen LogP contribution >= 0.6 is 0 Å². The molecule has 7 rings (SSSR count). The Morgan fingerprint density at radius 1 is 0.892 bits per heavy atom. The predicted octanol–water partition coefficient (Wildman–Crippen LogP) is 3.04. The number of rotatable bonds is 16. The number of halogens is 1. The number of hydrogen-bond acceptors (Lipinski definition) is 12. The molecule has 1 aromatic heterocycles. The third-order valence-corrected chi connectivity index (χ3v) is 12.4. The summed E-state index contributed by atoms with van der Waals surface area (Å²) < 4.78 is 44.8. The Bertz CT molecular complexity index is 2850. The summed E-state index contributed by atoms with van der Waals surface area (Å²) >= 11 is 0. The van der Waals surface area contributed by atoms with Gasteiger partial charge in [-0.1, -0.05) is 30.8 Å². The molecule has 8 N–H and O–H groups in total. The quantitative estimate of drug-likeness (QED) is 0.0632. The predicted molar refractivity (Wildman–Crippen MR) is 236 cm³/mol. The minimum absolute atomic E-state index is 0.00279. The molecule has 336 valence electrons. The van der Waals surface area contributed by atoms with E-state index in [-0.39, 0.29) is 83.0 Å². The zero-order valence-electron chi connectivity index (χ0n) is 35.0. The van der Waals surface area contributed by atoms with E-state index in [9.17, 15) is 42.0 Å². The monoisotopic (exact) mass is 905 g/mol. The zero-order chi connectivity index (χ0) is 46.6. The number of nitrogens with two attached hydrogens (primary N) is 1. The van der Waals surface area contributed by atoms with Gasteiger partial charge in [-0.05, 0) is 86.2 Å². The molecule has 3 aliphatic rings. The van der Waals surface area contributed by atoms with Gasteiger partial charge >= 0.3 is 0 Å². The summed E-state index contributed by atoms with van der Waals surface area (Å²) in [7, 11) is -4.28. The highest BCUT2D eigenvalue weighted by Crippen LogP contribution is 2.34. The summed E-state index contributed by atoms with van der Waals surface area (Å²) in [6, 6.07) is 15.3. The lowest BCUT2D eigenvalue weighted by molar-refractivity contribution is -0.150. The second-order valence-electron chi connectivity index (χ2n) is 15.5. The van der Waals surface area contributed by atoms with E-state index in [1.165, 1.54) is 43.5 Å². The Kier molecular flexibility index (Phi) is 13.2. The van der Waals surface area contributed by atoms with Crippen molar-refractivity contribution >= 4 is 68.6 Å². The Labute approximate surface area is 372 Å². The van der Waals surface area contributed by atoms with Crippen molar-refractivity contribution in [3.63, 3.8) is 0 Å². The maximum atomic E-state index is 15.6. The fourth-order valence-corrected chi connectivity index (χ4v) is 8.71. The van der Waals surface area contributed by atoms with Gasteiger partial charge in [0.25, 0.3) is 27.7 Å². The summed E-state index contributed by atoms with van der Waals surface area (Å²) in [4.78, 5) is 91.9. The van der Waals surface area contributed by atoms with Crippen molar-refractivity contribution in [3.05, 3.63) is 113 Å². The highest BCUT2D eigenvalue weighted by atomic mass is 32.2. The van der Waals surface area contributed by atoms with Gasteiger partial charge in [-0.3, -0.25) is 48.5 Å². The number of piperidine rings is 1. The second kappa shape index (κ2) is 18.9. The Morgan fingerprint density at radius 2 is 1.66 bits per heavy atom. The molecule has 1 atom stereocenters. The van der Waals surface area contributed by atoms with Gasteiger partial charge in [0.1, 0.15) is 17.7 Å². The molecule has 4 aromatic rings. The number of benzene rings is 3. The van der Waals surface area contributed by atoms with Gasteiger partial charge in [0.15, 0.2) is 0 Å². The van der Waals surface area contributed by atoms with Crippen molar-refractivity contribution in [2.45, 2.75) is 56.4 Å². The van der Waals surface area contributed by atoms with E-state index in [1.807, 2.05) is 6.07 Å². The van der Waals surface area contributed by atoms with E-state index in [0.29, 0.717) is 53.7 Å². The molecule has 7 amide bonds. The number of unbranched alkanes of at least 4 members (excludes halogenated alkanes) is 1. The highest BCUT2D eigenvalue weighted by Gasteiger charge is 2.45. The van der Waals surface area contributed by atoms with Crippen LogP contribution in [0.25, 0.3) is 22.3 Å². The minimum Gasteiger partial charge on any atom is -0.383 e. The van der Waals surface area contributed by atoms with Crippen LogP contribution in [0.15, 0.2) is 101 Å². The van der Waals surface area contributed by atoms with E-state index >= 15 is 4.39 Å². The first-order valence-electron chi connectivity index (χ1n) is 20.5. The summed E-state index contributed by atoms with van der Waals surface area (Å²) in [5.41, 5.74) is 9.72. The largest absolute Gasteiger partial charge is 0.383 e. The first kappa shape index (κ1) is 45.3. The number of anilines is 3. The minimum atomic E-state index is -4.28. The number of hydrogen-bond donors (Lipinski definition) is 7. The van der Waals surface area contributed by atoms with Gasteiger partial charge in [0, 0.05) is 71.3 Å². The number of nitrogens with zero attached hydrogens (tertiary/aromatic N) is 2. The molecule has 1 saturated heterocycles. The zero-order valence-corrected chi connectivity index (χ0v) is 35.8. The second-order valence-corrected chi connectivity index (χ2v) is 17.2. The van der Waals surface area contributed by atoms with Crippen molar-refractivity contribution < 1.29 is 46.4 Å². The van der Waals surface area contributed by atoms with E-state index in [2.05, 4.69) is 42.9 Å². The Balaban J connectivity index is 0.860. The molecular weight excluding hydrogens is 862 g/mol. The fraction of sp³-hybridized carbons (Fsp3) is 0.244. The molecule has 0 saturated carbocycles. The first-order chi connectivity index (χ1) is 31.0. The van der Waals surface area contributed by atoms with Crippen molar-refractivity contribution in [2.24, 2.45) is 0 Å². The third-order valence-electron chi connectivity index (χ3n) is 11.0. The number of carbonyl (C=O) groups excluding carboxylic acids is 7. The lowest BCUT2D eigenvalue weighted by Crippen LogP contribution is -2.54. The van der Waals surface area contributed by atoms with E-state index in [1.54, 1.807) is 24.3 Å². The van der Waals surface area contributed by atoms with Gasteiger partial charge in [-0.2, -0.15) is 0 Å². The standard InChI is InChI=1S/C45H44FN9O9S/c1-24-40(45(62)55(44(24)61)36-13-14-38(57)53-43(36)60)25(2)50-23-39(58)48-16-4-3-8-37(56)52-29-6-5-7-30(20-29)54-65(63,64)31-10-12-32(35(46)21-31)28-19-34(41(47)51-22-28)26-9-11-33-27(18-26)15-17-49-42(33)59/h5-7,9-12,18-22,36,50,54H,2-4,8,13-17,23H2,1H3,(H2,47,51)(H,48,58)(H,49,59)(H,52,56)(H,53,57,60). The summed E-state index contributed by atoms with van der Waals surface area (Å²) in [5, 5.41) is 13.1. The molecule has 65 heavy (non-hydrogen) atoms. The molecular formula is C45H44FN9O9S. The van der Waals surface area contributed by atoms with Crippen LogP contribution in [0, 0.1) is 5.82 Å². The Morgan fingerprint density at radius 3 is 2.43 bits per heavy atom. The number of imide groups is 2. The first-order valence-corrected chi connectivity index (χ1v) is 22.0. The number of amides is 7. The van der Waals surface area contributed by atoms with Gasteiger partial charge in [0.05, 0.1) is 22.7 Å². The normalized spacial score (nSPS) is 16.1. The SMILES string of the molecule is C=C(NCC(=O)NCCCCC(=O)Nc1cccc(NS(=O)(=O)c2ccc(-c3cnc(N)c(-c4ccc5c(c4)CCNC5=O)c3)c(F)c2)c1)C1=C(C)C(=O)N(C2CCC(=O)NC2=O)C1=O. The molecule has 3 aliphatic heterocycles. The summed E-state index contributed by atoms with van der Waals surface area (Å²) in [5.74, 6) is -4.26. The molecule has 1 fully saturated rings. The maximum Gasteiger partial charge on any atom is 0.264 e. The van der Waals surface area contributed by atoms with Gasteiger partial charge < -0.3 is 27.0 Å². The Hall–Kier alpha value is -7.74. The van der Waals surface area contributed by atoms with Crippen LogP contribution < -0.4 is 37.0 Å². The van der Waals surface area contributed by atoms with Crippen molar-refractivity contribution in [1.82, 2.24) is 31.2 Å². The lowest BCUT2D eigenvalue weighted by Gasteiger charge is -2.28. The molecule has 4 heterocycles. The number of nitrogen functional groups attached to an aromatic ring is 1. The van der Waals surface area contributed by atoms with E-state index in [0.717, 1.165) is 16.5 Å². The highest BCUT2D eigenvalue weighted by molar-refractivity contribution is 7.92. The van der Waals surface area contributed by atoms with Crippen LogP contribution in [0.1, 0.15) is 54.9 Å². The summed E-state index contributed by atoms with van der Waals surface area (Å²) in [6.07, 6.45) is 2.91. The molecule has 20 heteroatoms. The fourth-order valence-electron chi connectivity index (χ4n) is 7.65. The van der Waals surface area contributed by atoms with Gasteiger partial charge in [0.2, 0.25) is 23.6 Å². The molecule has 18 nitrogen and oxygen atoms in total. The van der Waals surface area contributed by atoms with Crippen LogP contribution in [-0.4, -0.2) is 85.3 Å². The van der Waals surface area contributed by atoms with E-state index < -0.39 is 51.4 Å². The smallest absolute Gasteiger partial charge is 0.264 e. The van der Waals surface area contributed by atoms with Crippen LogP contribution in [-0.2, 0) is 45.2 Å². The van der Waals surface area contributed by atoms with Crippen LogP contribution in [0.3, 0.4) is 0 Å². The number of nitrogens with one attached hydrogen (secondary N) is 6. The van der Waals surface area contributed by atoms with Crippen LogP contribution in [0.4, 0.5) is 21.6 Å². The number of pyridine rings is 1. The molecule has 1 unspecified atom stereocenters. The van der Waals surface area contributed by atoms with Crippen molar-refractivity contribution in [1.29, 1.82) is 0 Å². The number of sulfonamides is 1. The third kappa shape index (κ3) is 10.1. The molecule has 0 radical (unpaired) electrons. The number of carbonyl (C=O) groups is 7. The van der Waals surface area contributed by atoms with Gasteiger partial charge in [-0.25, -0.2) is 17.8 Å². The number of fused-ring (bicyclic) bond motifs is 1. The van der Waals surface area contributed by atoms with Crippen molar-refractivity contribution in [2.75, 3.05) is 35.4 Å². The van der Waals surface area contributed by atoms with Crippen LogP contribution in [0.2, 0.25) is 0 Å². The lowest BCUT2D eigenvalue weighted by atomic mass is 9.94. The van der Waals surface area contributed by atoms with Crippen molar-refractivity contribution in [3.8, 4) is 22.3 Å². The molecule has 3 aromatic carbocycles. The number of aromatic nitrogens is 1. The molecule has 0 bridgehead atoms. The molecule has 0 spiro atoms. The van der Waals surface area contributed by atoms with Crippen LogP contribution in [0.5, 0.6) is 0 Å². The van der Waals surface area contributed by atoms with E-state index in [4.69, 9.17) is 5.73 Å². The average molecular weight is 906 g/mol.